The number of aryl methyl sites for hydroxylation is 2. The van der Waals surface area contributed by atoms with Gasteiger partial charge in [-0.2, -0.15) is 10.1 Å². The van der Waals surface area contributed by atoms with Gasteiger partial charge in [-0.1, -0.05) is 48.0 Å². The van der Waals surface area contributed by atoms with Crippen molar-refractivity contribution in [1.82, 2.24) is 15.2 Å². The number of hydrogen-bond donors (Lipinski definition) is 1. The van der Waals surface area contributed by atoms with Crippen molar-refractivity contribution in [3.05, 3.63) is 70.4 Å². The maximum atomic E-state index is 6.38. The fourth-order valence-corrected chi connectivity index (χ4v) is 3.19. The minimum absolute atomic E-state index is 0.585. The van der Waals surface area contributed by atoms with Crippen molar-refractivity contribution in [2.45, 2.75) is 27.3 Å². The Morgan fingerprint density at radius 3 is 2.58 bits per heavy atom. The van der Waals surface area contributed by atoms with Gasteiger partial charge in [0.1, 0.15) is 0 Å². The SMILES string of the molecule is CCN(Cc1ccccc1)c1nncc(Nc2c(C)cc(C)cc2Cl)n1. The van der Waals surface area contributed by atoms with E-state index >= 15 is 0 Å². The Kier molecular flexibility index (Phi) is 5.68. The summed E-state index contributed by atoms with van der Waals surface area (Å²) in [6, 6.07) is 14.3. The summed E-state index contributed by atoms with van der Waals surface area (Å²) < 4.78 is 0. The molecule has 5 nitrogen and oxygen atoms in total. The van der Waals surface area contributed by atoms with Crippen molar-refractivity contribution in [3.8, 4) is 0 Å². The van der Waals surface area contributed by atoms with Crippen LogP contribution in [0, 0.1) is 13.8 Å². The number of rotatable bonds is 6. The van der Waals surface area contributed by atoms with Crippen molar-refractivity contribution in [2.24, 2.45) is 0 Å². The Morgan fingerprint density at radius 2 is 1.88 bits per heavy atom. The van der Waals surface area contributed by atoms with Crippen molar-refractivity contribution in [3.63, 3.8) is 0 Å². The van der Waals surface area contributed by atoms with Gasteiger partial charge in [0.15, 0.2) is 5.82 Å². The third kappa shape index (κ3) is 4.29. The molecule has 1 heterocycles. The molecule has 0 aliphatic heterocycles. The van der Waals surface area contributed by atoms with Crippen molar-refractivity contribution in [1.29, 1.82) is 0 Å². The standard InChI is InChI=1S/C20H22ClN5/c1-4-26(13-16-8-6-5-7-9-16)20-24-18(12-22-25-20)23-19-15(3)10-14(2)11-17(19)21/h5-12H,4,13H2,1-3H3,(H,23,24,25). The predicted molar refractivity (Wildman–Crippen MR) is 107 cm³/mol. The highest BCUT2D eigenvalue weighted by Gasteiger charge is 2.12. The van der Waals surface area contributed by atoms with E-state index in [1.165, 1.54) is 5.56 Å². The van der Waals surface area contributed by atoms with E-state index in [-0.39, 0.29) is 0 Å². The van der Waals surface area contributed by atoms with Gasteiger partial charge >= 0.3 is 0 Å². The second kappa shape index (κ2) is 8.15. The molecule has 2 aromatic carbocycles. The van der Waals surface area contributed by atoms with Gasteiger partial charge in [0.05, 0.1) is 16.9 Å². The molecule has 26 heavy (non-hydrogen) atoms. The van der Waals surface area contributed by atoms with Crippen LogP contribution in [0.2, 0.25) is 5.02 Å². The van der Waals surface area contributed by atoms with Crippen LogP contribution < -0.4 is 10.2 Å². The molecule has 0 saturated carbocycles. The zero-order valence-electron chi connectivity index (χ0n) is 15.2. The molecule has 0 spiro atoms. The van der Waals surface area contributed by atoms with E-state index in [9.17, 15) is 0 Å². The van der Waals surface area contributed by atoms with Crippen molar-refractivity contribution in [2.75, 3.05) is 16.8 Å². The average molecular weight is 368 g/mol. The number of hydrogen-bond acceptors (Lipinski definition) is 5. The largest absolute Gasteiger partial charge is 0.337 e. The summed E-state index contributed by atoms with van der Waals surface area (Å²) in [5.41, 5.74) is 4.23. The van der Waals surface area contributed by atoms with Gasteiger partial charge in [-0.15, -0.1) is 5.10 Å². The number of aromatic nitrogens is 3. The summed E-state index contributed by atoms with van der Waals surface area (Å²) in [5, 5.41) is 12.3. The first-order valence-electron chi connectivity index (χ1n) is 8.59. The molecular weight excluding hydrogens is 346 g/mol. The Labute approximate surface area is 159 Å². The molecule has 0 saturated heterocycles. The first-order chi connectivity index (χ1) is 12.6. The molecule has 0 fully saturated rings. The summed E-state index contributed by atoms with van der Waals surface area (Å²) in [6.45, 7) is 7.63. The highest BCUT2D eigenvalue weighted by molar-refractivity contribution is 6.33. The highest BCUT2D eigenvalue weighted by Crippen LogP contribution is 2.29. The third-order valence-electron chi connectivity index (χ3n) is 4.11. The van der Waals surface area contributed by atoms with E-state index in [2.05, 4.69) is 50.5 Å². The molecule has 1 aromatic heterocycles. The zero-order chi connectivity index (χ0) is 18.5. The minimum Gasteiger partial charge on any atom is -0.337 e. The maximum Gasteiger partial charge on any atom is 0.247 e. The molecule has 134 valence electrons. The van der Waals surface area contributed by atoms with Gasteiger partial charge in [-0.3, -0.25) is 0 Å². The zero-order valence-corrected chi connectivity index (χ0v) is 16.0. The Hall–Kier alpha value is -2.66. The first-order valence-corrected chi connectivity index (χ1v) is 8.97. The van der Waals surface area contributed by atoms with E-state index in [0.29, 0.717) is 16.8 Å². The lowest BCUT2D eigenvalue weighted by atomic mass is 10.1. The molecule has 0 aliphatic rings. The Bertz CT molecular complexity index is 859. The number of halogens is 1. The van der Waals surface area contributed by atoms with Crippen LogP contribution in [-0.2, 0) is 6.54 Å². The monoisotopic (exact) mass is 367 g/mol. The lowest BCUT2D eigenvalue weighted by Gasteiger charge is -2.21. The number of nitrogens with zero attached hydrogens (tertiary/aromatic N) is 4. The van der Waals surface area contributed by atoms with Crippen LogP contribution in [0.3, 0.4) is 0 Å². The fraction of sp³-hybridized carbons (Fsp3) is 0.250. The summed E-state index contributed by atoms with van der Waals surface area (Å²) >= 11 is 6.38. The van der Waals surface area contributed by atoms with Crippen molar-refractivity contribution < 1.29 is 0 Å². The Balaban J connectivity index is 1.83. The molecule has 0 amide bonds. The van der Waals surface area contributed by atoms with Gasteiger partial charge in [0.2, 0.25) is 5.95 Å². The van der Waals surface area contributed by atoms with Gasteiger partial charge in [0.25, 0.3) is 0 Å². The quantitative estimate of drug-likeness (QED) is 0.670. The van der Waals surface area contributed by atoms with Crippen LogP contribution in [0.4, 0.5) is 17.5 Å². The van der Waals surface area contributed by atoms with E-state index in [0.717, 1.165) is 29.9 Å². The lowest BCUT2D eigenvalue weighted by Crippen LogP contribution is -2.24. The van der Waals surface area contributed by atoms with E-state index < -0.39 is 0 Å². The second-order valence-corrected chi connectivity index (χ2v) is 6.61. The molecule has 3 aromatic rings. The number of nitrogens with one attached hydrogen (secondary N) is 1. The third-order valence-corrected chi connectivity index (χ3v) is 4.41. The molecule has 0 atom stereocenters. The molecule has 6 heteroatoms. The molecule has 0 bridgehead atoms. The average Bonchev–Trinajstić information content (AvgIpc) is 2.64. The summed E-state index contributed by atoms with van der Waals surface area (Å²) in [7, 11) is 0. The van der Waals surface area contributed by atoms with Crippen LogP contribution in [0.25, 0.3) is 0 Å². The van der Waals surface area contributed by atoms with Crippen LogP contribution in [0.5, 0.6) is 0 Å². The normalized spacial score (nSPS) is 10.6. The molecular formula is C20H22ClN5. The predicted octanol–water partition coefficient (Wildman–Crippen LogP) is 4.91. The van der Waals surface area contributed by atoms with Crippen LogP contribution in [0.1, 0.15) is 23.6 Å². The van der Waals surface area contributed by atoms with Crippen LogP contribution in [-0.4, -0.2) is 21.7 Å². The highest BCUT2D eigenvalue weighted by atomic mass is 35.5. The topological polar surface area (TPSA) is 53.9 Å². The Morgan fingerprint density at radius 1 is 1.12 bits per heavy atom. The maximum absolute atomic E-state index is 6.38. The minimum atomic E-state index is 0.585. The summed E-state index contributed by atoms with van der Waals surface area (Å²) in [5.74, 6) is 1.21. The van der Waals surface area contributed by atoms with E-state index in [4.69, 9.17) is 11.6 Å². The van der Waals surface area contributed by atoms with Crippen molar-refractivity contribution >= 4 is 29.1 Å². The van der Waals surface area contributed by atoms with Crippen LogP contribution in [0.15, 0.2) is 48.7 Å². The first kappa shape index (κ1) is 18.1. The summed E-state index contributed by atoms with van der Waals surface area (Å²) in [6.07, 6.45) is 1.61. The summed E-state index contributed by atoms with van der Waals surface area (Å²) in [4.78, 5) is 6.70. The van der Waals surface area contributed by atoms with E-state index in [1.807, 2.05) is 38.1 Å². The number of benzene rings is 2. The van der Waals surface area contributed by atoms with Gasteiger partial charge in [-0.25, -0.2) is 0 Å². The van der Waals surface area contributed by atoms with Gasteiger partial charge in [-0.05, 0) is 43.5 Å². The van der Waals surface area contributed by atoms with Gasteiger partial charge < -0.3 is 10.2 Å². The fourth-order valence-electron chi connectivity index (χ4n) is 2.82. The molecule has 0 radical (unpaired) electrons. The van der Waals surface area contributed by atoms with Crippen LogP contribution >= 0.6 is 11.6 Å². The second-order valence-electron chi connectivity index (χ2n) is 6.21. The number of anilines is 3. The lowest BCUT2D eigenvalue weighted by molar-refractivity contribution is 0.771. The van der Waals surface area contributed by atoms with Gasteiger partial charge in [0, 0.05) is 13.1 Å². The molecule has 0 aliphatic carbocycles. The van der Waals surface area contributed by atoms with E-state index in [1.54, 1.807) is 6.20 Å². The molecule has 0 unspecified atom stereocenters. The smallest absolute Gasteiger partial charge is 0.247 e. The molecule has 3 rings (SSSR count). The molecule has 1 N–H and O–H groups in total.